The first-order valence-corrected chi connectivity index (χ1v) is 6.94. The molecular weight excluding hydrogens is 256 g/mol. The van der Waals surface area contributed by atoms with Gasteiger partial charge in [0.25, 0.3) is 0 Å². The van der Waals surface area contributed by atoms with Crippen LogP contribution in [0.1, 0.15) is 35.3 Å². The maximum atomic E-state index is 11.2. The van der Waals surface area contributed by atoms with Gasteiger partial charge in [-0.3, -0.25) is 4.79 Å². The Morgan fingerprint density at radius 1 is 1.00 bits per heavy atom. The van der Waals surface area contributed by atoms with Crippen LogP contribution >= 0.6 is 11.6 Å². The normalized spacial score (nSPS) is 10.5. The van der Waals surface area contributed by atoms with Gasteiger partial charge in [-0.2, -0.15) is 0 Å². The van der Waals surface area contributed by atoms with Crippen LogP contribution in [0.2, 0.25) is 5.02 Å². The van der Waals surface area contributed by atoms with Gasteiger partial charge < -0.3 is 0 Å². The number of rotatable bonds is 4. The van der Waals surface area contributed by atoms with Crippen molar-refractivity contribution in [2.75, 3.05) is 0 Å². The lowest BCUT2D eigenvalue weighted by atomic mass is 9.94. The summed E-state index contributed by atoms with van der Waals surface area (Å²) in [5.41, 5.74) is 5.36. The molecule has 2 aromatic carbocycles. The summed E-state index contributed by atoms with van der Waals surface area (Å²) in [6, 6.07) is 11.8. The van der Waals surface area contributed by atoms with Crippen molar-refractivity contribution in [3.63, 3.8) is 0 Å². The van der Waals surface area contributed by atoms with Crippen molar-refractivity contribution in [2.24, 2.45) is 0 Å². The number of benzene rings is 2. The first-order valence-electron chi connectivity index (χ1n) is 6.56. The lowest BCUT2D eigenvalue weighted by molar-refractivity contribution is 0.112. The molecule has 0 heterocycles. The Balaban J connectivity index is 2.56. The van der Waals surface area contributed by atoms with Crippen LogP contribution in [0.15, 0.2) is 36.4 Å². The van der Waals surface area contributed by atoms with Gasteiger partial charge in [0.1, 0.15) is 0 Å². The number of aldehydes is 1. The Bertz CT molecular complexity index is 602. The lowest BCUT2D eigenvalue weighted by Crippen LogP contribution is -1.93. The summed E-state index contributed by atoms with van der Waals surface area (Å²) in [4.78, 5) is 11.2. The third-order valence-electron chi connectivity index (χ3n) is 3.42. The maximum Gasteiger partial charge on any atom is 0.150 e. The Kier molecular flexibility index (Phi) is 4.39. The molecule has 0 N–H and O–H groups in total. The van der Waals surface area contributed by atoms with E-state index in [1.165, 1.54) is 11.1 Å². The second-order valence-electron chi connectivity index (χ2n) is 4.54. The van der Waals surface area contributed by atoms with Crippen LogP contribution < -0.4 is 0 Å². The van der Waals surface area contributed by atoms with E-state index in [1.54, 1.807) is 6.07 Å². The van der Waals surface area contributed by atoms with Crippen LogP contribution in [-0.4, -0.2) is 6.29 Å². The molecule has 0 aromatic heterocycles. The number of halogens is 1. The van der Waals surface area contributed by atoms with Crippen LogP contribution in [-0.2, 0) is 12.8 Å². The number of carbonyl (C=O) groups is 1. The van der Waals surface area contributed by atoms with E-state index in [1.807, 2.05) is 12.1 Å². The quantitative estimate of drug-likeness (QED) is 0.720. The fourth-order valence-electron chi connectivity index (χ4n) is 2.36. The highest BCUT2D eigenvalue weighted by Gasteiger charge is 2.07. The van der Waals surface area contributed by atoms with Crippen molar-refractivity contribution in [3.05, 3.63) is 58.1 Å². The minimum atomic E-state index is 0.590. The van der Waals surface area contributed by atoms with Crippen molar-refractivity contribution >= 4 is 17.9 Å². The Hall–Kier alpha value is -1.60. The average molecular weight is 273 g/mol. The molecule has 0 unspecified atom stereocenters. The molecule has 1 nitrogen and oxygen atoms in total. The number of hydrogen-bond donors (Lipinski definition) is 0. The predicted molar refractivity (Wildman–Crippen MR) is 81.0 cm³/mol. The van der Waals surface area contributed by atoms with E-state index < -0.39 is 0 Å². The highest BCUT2D eigenvalue weighted by Crippen LogP contribution is 2.27. The monoisotopic (exact) mass is 272 g/mol. The third kappa shape index (κ3) is 2.87. The summed E-state index contributed by atoms with van der Waals surface area (Å²) in [5.74, 6) is 0. The molecule has 2 heteroatoms. The van der Waals surface area contributed by atoms with Crippen LogP contribution in [0.5, 0.6) is 0 Å². The zero-order chi connectivity index (χ0) is 13.8. The van der Waals surface area contributed by atoms with Crippen LogP contribution in [0.25, 0.3) is 11.1 Å². The predicted octanol–water partition coefficient (Wildman–Crippen LogP) is 4.94. The van der Waals surface area contributed by atoms with Crippen molar-refractivity contribution in [3.8, 4) is 11.1 Å². The SMILES string of the molecule is CCc1ccc(-c2ccc(Cl)cc2C=O)cc1CC. The molecule has 0 saturated carbocycles. The molecular formula is C17H17ClO. The molecule has 0 atom stereocenters. The van der Waals surface area contributed by atoms with Crippen molar-refractivity contribution in [1.82, 2.24) is 0 Å². The lowest BCUT2D eigenvalue weighted by Gasteiger charge is -2.11. The number of carbonyl (C=O) groups excluding carboxylic acids is 1. The minimum absolute atomic E-state index is 0.590. The molecule has 0 saturated heterocycles. The summed E-state index contributed by atoms with van der Waals surface area (Å²) in [6.45, 7) is 4.31. The van der Waals surface area contributed by atoms with Gasteiger partial charge in [0, 0.05) is 10.6 Å². The van der Waals surface area contributed by atoms with Crippen molar-refractivity contribution < 1.29 is 4.79 Å². The van der Waals surface area contributed by atoms with Crippen LogP contribution in [0, 0.1) is 0 Å². The standard InChI is InChI=1S/C17H17ClO/c1-3-12-5-6-14(9-13(12)4-2)17-8-7-16(18)10-15(17)11-19/h5-11H,3-4H2,1-2H3. The van der Waals surface area contributed by atoms with E-state index in [0.29, 0.717) is 10.6 Å². The van der Waals surface area contributed by atoms with Gasteiger partial charge in [0.15, 0.2) is 6.29 Å². The molecule has 0 aliphatic rings. The molecule has 0 aliphatic carbocycles. The van der Waals surface area contributed by atoms with E-state index in [0.717, 1.165) is 30.3 Å². The molecule has 2 rings (SSSR count). The van der Waals surface area contributed by atoms with Gasteiger partial charge in [0.05, 0.1) is 0 Å². The van der Waals surface area contributed by atoms with Gasteiger partial charge in [0.2, 0.25) is 0 Å². The molecule has 0 bridgehead atoms. The van der Waals surface area contributed by atoms with Crippen LogP contribution in [0.3, 0.4) is 0 Å². The molecule has 0 amide bonds. The second-order valence-corrected chi connectivity index (χ2v) is 4.98. The summed E-state index contributed by atoms with van der Waals surface area (Å²) in [5, 5.41) is 0.590. The Labute approximate surface area is 119 Å². The zero-order valence-corrected chi connectivity index (χ0v) is 12.0. The second kappa shape index (κ2) is 6.03. The maximum absolute atomic E-state index is 11.2. The fraction of sp³-hybridized carbons (Fsp3) is 0.235. The summed E-state index contributed by atoms with van der Waals surface area (Å²) < 4.78 is 0. The molecule has 0 fully saturated rings. The van der Waals surface area contributed by atoms with Crippen molar-refractivity contribution in [2.45, 2.75) is 26.7 Å². The Morgan fingerprint density at radius 2 is 1.74 bits per heavy atom. The van der Waals surface area contributed by atoms with E-state index in [4.69, 9.17) is 11.6 Å². The minimum Gasteiger partial charge on any atom is -0.298 e. The molecule has 2 aromatic rings. The largest absolute Gasteiger partial charge is 0.298 e. The molecule has 0 radical (unpaired) electrons. The zero-order valence-electron chi connectivity index (χ0n) is 11.2. The van der Waals surface area contributed by atoms with Crippen molar-refractivity contribution in [1.29, 1.82) is 0 Å². The van der Waals surface area contributed by atoms with Gasteiger partial charge in [-0.05, 0) is 47.2 Å². The smallest absolute Gasteiger partial charge is 0.150 e. The topological polar surface area (TPSA) is 17.1 Å². The molecule has 19 heavy (non-hydrogen) atoms. The van der Waals surface area contributed by atoms with E-state index in [2.05, 4.69) is 32.0 Å². The van der Waals surface area contributed by atoms with Gasteiger partial charge in [-0.15, -0.1) is 0 Å². The highest BCUT2D eigenvalue weighted by atomic mass is 35.5. The highest BCUT2D eigenvalue weighted by molar-refractivity contribution is 6.31. The third-order valence-corrected chi connectivity index (χ3v) is 3.65. The summed E-state index contributed by atoms with van der Waals surface area (Å²) >= 11 is 5.93. The fourth-order valence-corrected chi connectivity index (χ4v) is 2.54. The molecule has 0 spiro atoms. The average Bonchev–Trinajstić information content (AvgIpc) is 2.46. The van der Waals surface area contributed by atoms with Gasteiger partial charge >= 0.3 is 0 Å². The van der Waals surface area contributed by atoms with E-state index in [-0.39, 0.29) is 0 Å². The summed E-state index contributed by atoms with van der Waals surface area (Å²) in [7, 11) is 0. The van der Waals surface area contributed by atoms with Gasteiger partial charge in [-0.25, -0.2) is 0 Å². The van der Waals surface area contributed by atoms with Gasteiger partial charge in [-0.1, -0.05) is 49.7 Å². The first-order chi connectivity index (χ1) is 9.19. The molecule has 98 valence electrons. The first kappa shape index (κ1) is 13.8. The summed E-state index contributed by atoms with van der Waals surface area (Å²) in [6.07, 6.45) is 2.90. The van der Waals surface area contributed by atoms with E-state index >= 15 is 0 Å². The van der Waals surface area contributed by atoms with Crippen LogP contribution in [0.4, 0.5) is 0 Å². The number of hydrogen-bond acceptors (Lipinski definition) is 1. The van der Waals surface area contributed by atoms with E-state index in [9.17, 15) is 4.79 Å². The Morgan fingerprint density at radius 3 is 2.37 bits per heavy atom. The molecule has 0 aliphatic heterocycles. The number of aryl methyl sites for hydroxylation is 2.